The zero-order chi connectivity index (χ0) is 17.2. The van der Waals surface area contributed by atoms with Crippen LogP contribution in [0.15, 0.2) is 36.5 Å². The first-order valence-electron chi connectivity index (χ1n) is 9.36. The van der Waals surface area contributed by atoms with Crippen molar-refractivity contribution in [2.24, 2.45) is 5.92 Å². The maximum Gasteiger partial charge on any atom is 0.306 e. The molecule has 0 heterocycles. The lowest BCUT2D eigenvalue weighted by Crippen LogP contribution is -2.08. The van der Waals surface area contributed by atoms with Gasteiger partial charge in [0.15, 0.2) is 0 Å². The molecule has 0 rings (SSSR count). The van der Waals surface area contributed by atoms with E-state index in [9.17, 15) is 4.79 Å². The standard InChI is InChI=1S/C21H36O2/c1-3-4-5-6-7-8-9-10-11-12-13-14-15-16-17-18-19-20(2)21(22)23/h4-5,7-8,10-11,20H,3,6,9,12-19H2,1-2H3,(H,22,23). The normalized spacial score (nSPS) is 13.5. The molecule has 0 aromatic carbocycles. The summed E-state index contributed by atoms with van der Waals surface area (Å²) >= 11 is 0. The summed E-state index contributed by atoms with van der Waals surface area (Å²) < 4.78 is 0. The fourth-order valence-corrected chi connectivity index (χ4v) is 2.37. The Morgan fingerprint density at radius 1 is 0.826 bits per heavy atom. The van der Waals surface area contributed by atoms with Crippen LogP contribution < -0.4 is 0 Å². The van der Waals surface area contributed by atoms with Crippen LogP contribution in [-0.2, 0) is 4.79 Å². The Kier molecular flexibility index (Phi) is 16.1. The van der Waals surface area contributed by atoms with E-state index in [4.69, 9.17) is 5.11 Å². The minimum Gasteiger partial charge on any atom is -0.481 e. The zero-order valence-corrected chi connectivity index (χ0v) is 15.2. The van der Waals surface area contributed by atoms with Gasteiger partial charge in [-0.2, -0.15) is 0 Å². The van der Waals surface area contributed by atoms with Crippen molar-refractivity contribution in [1.29, 1.82) is 0 Å². The topological polar surface area (TPSA) is 37.3 Å². The smallest absolute Gasteiger partial charge is 0.306 e. The maximum atomic E-state index is 10.7. The van der Waals surface area contributed by atoms with Crippen LogP contribution in [0, 0.1) is 5.92 Å². The average molecular weight is 321 g/mol. The number of unbranched alkanes of at least 4 members (excludes halogenated alkanes) is 6. The highest BCUT2D eigenvalue weighted by Crippen LogP contribution is 2.12. The van der Waals surface area contributed by atoms with Gasteiger partial charge >= 0.3 is 5.97 Å². The molecular weight excluding hydrogens is 284 g/mol. The van der Waals surface area contributed by atoms with Crippen molar-refractivity contribution in [2.45, 2.75) is 84.5 Å². The summed E-state index contributed by atoms with van der Waals surface area (Å²) in [5, 5.41) is 8.79. The van der Waals surface area contributed by atoms with Crippen molar-refractivity contribution < 1.29 is 9.90 Å². The molecule has 0 amide bonds. The van der Waals surface area contributed by atoms with Crippen LogP contribution >= 0.6 is 0 Å². The molecule has 0 radical (unpaired) electrons. The quantitative estimate of drug-likeness (QED) is 0.270. The molecule has 0 saturated carbocycles. The molecule has 2 heteroatoms. The first-order chi connectivity index (χ1) is 11.2. The molecule has 0 aromatic heterocycles. The molecule has 1 atom stereocenters. The fourth-order valence-electron chi connectivity index (χ4n) is 2.37. The van der Waals surface area contributed by atoms with Crippen molar-refractivity contribution in [3.05, 3.63) is 36.5 Å². The van der Waals surface area contributed by atoms with Gasteiger partial charge in [0.05, 0.1) is 5.92 Å². The van der Waals surface area contributed by atoms with Crippen LogP contribution in [-0.4, -0.2) is 11.1 Å². The molecule has 0 aliphatic heterocycles. The van der Waals surface area contributed by atoms with E-state index in [0.717, 1.165) is 32.1 Å². The zero-order valence-electron chi connectivity index (χ0n) is 15.2. The van der Waals surface area contributed by atoms with Crippen LogP contribution in [0.4, 0.5) is 0 Å². The van der Waals surface area contributed by atoms with Crippen molar-refractivity contribution in [2.75, 3.05) is 0 Å². The second-order valence-electron chi connectivity index (χ2n) is 6.23. The highest BCUT2D eigenvalue weighted by atomic mass is 16.4. The van der Waals surface area contributed by atoms with Gasteiger partial charge in [0, 0.05) is 0 Å². The van der Waals surface area contributed by atoms with Gasteiger partial charge in [0.2, 0.25) is 0 Å². The Morgan fingerprint density at radius 2 is 1.35 bits per heavy atom. The van der Waals surface area contributed by atoms with Crippen LogP contribution in [0.25, 0.3) is 0 Å². The van der Waals surface area contributed by atoms with Crippen LogP contribution in [0.2, 0.25) is 0 Å². The molecule has 0 fully saturated rings. The molecule has 1 unspecified atom stereocenters. The SMILES string of the molecule is CCC=CCC=CCC=CCCCCCCCCC(C)C(=O)O. The Bertz CT molecular complexity index is 353. The lowest BCUT2D eigenvalue weighted by atomic mass is 10.0. The molecule has 0 aliphatic rings. The number of allylic oxidation sites excluding steroid dienone is 6. The molecule has 0 aliphatic carbocycles. The Labute approximate surface area is 143 Å². The summed E-state index contributed by atoms with van der Waals surface area (Å²) in [4.78, 5) is 10.7. The van der Waals surface area contributed by atoms with Gasteiger partial charge in [-0.25, -0.2) is 0 Å². The van der Waals surface area contributed by atoms with E-state index < -0.39 is 5.97 Å². The van der Waals surface area contributed by atoms with Crippen molar-refractivity contribution in [3.8, 4) is 0 Å². The Hall–Kier alpha value is -1.31. The highest BCUT2D eigenvalue weighted by Gasteiger charge is 2.09. The van der Waals surface area contributed by atoms with E-state index in [1.807, 2.05) is 0 Å². The maximum absolute atomic E-state index is 10.7. The molecule has 0 aromatic rings. The molecule has 132 valence electrons. The number of hydrogen-bond donors (Lipinski definition) is 1. The molecule has 0 bridgehead atoms. The molecule has 2 nitrogen and oxygen atoms in total. The average Bonchev–Trinajstić information content (AvgIpc) is 2.54. The van der Waals surface area contributed by atoms with E-state index in [1.165, 1.54) is 38.5 Å². The predicted octanol–water partition coefficient (Wildman–Crippen LogP) is 6.69. The minimum absolute atomic E-state index is 0.183. The van der Waals surface area contributed by atoms with Crippen molar-refractivity contribution >= 4 is 5.97 Å². The third-order valence-electron chi connectivity index (χ3n) is 3.96. The second kappa shape index (κ2) is 17.1. The first-order valence-corrected chi connectivity index (χ1v) is 9.36. The summed E-state index contributed by atoms with van der Waals surface area (Å²) in [7, 11) is 0. The molecule has 0 spiro atoms. The van der Waals surface area contributed by atoms with Gasteiger partial charge < -0.3 is 5.11 Å². The van der Waals surface area contributed by atoms with Crippen LogP contribution in [0.3, 0.4) is 0 Å². The summed E-state index contributed by atoms with van der Waals surface area (Å²) in [6, 6.07) is 0. The second-order valence-corrected chi connectivity index (χ2v) is 6.23. The Morgan fingerprint density at radius 3 is 1.96 bits per heavy atom. The summed E-state index contributed by atoms with van der Waals surface area (Å²) in [6.07, 6.45) is 25.9. The van der Waals surface area contributed by atoms with Gasteiger partial charge in [-0.05, 0) is 38.5 Å². The lowest BCUT2D eigenvalue weighted by molar-refractivity contribution is -0.141. The molecule has 0 saturated heterocycles. The predicted molar refractivity (Wildman–Crippen MR) is 101 cm³/mol. The number of hydrogen-bond acceptors (Lipinski definition) is 1. The number of aliphatic carboxylic acids is 1. The van der Waals surface area contributed by atoms with Gasteiger partial charge in [0.1, 0.15) is 0 Å². The number of carboxylic acids is 1. The summed E-state index contributed by atoms with van der Waals surface area (Å²) in [5.41, 5.74) is 0. The number of carbonyl (C=O) groups is 1. The lowest BCUT2D eigenvalue weighted by Gasteiger charge is -2.05. The monoisotopic (exact) mass is 320 g/mol. The largest absolute Gasteiger partial charge is 0.481 e. The molecular formula is C21H36O2. The third kappa shape index (κ3) is 16.9. The fraction of sp³-hybridized carbons (Fsp3) is 0.667. The van der Waals surface area contributed by atoms with Crippen molar-refractivity contribution in [1.82, 2.24) is 0 Å². The molecule has 1 N–H and O–H groups in total. The van der Waals surface area contributed by atoms with E-state index >= 15 is 0 Å². The molecule has 23 heavy (non-hydrogen) atoms. The van der Waals surface area contributed by atoms with Gasteiger partial charge in [-0.3, -0.25) is 4.79 Å². The van der Waals surface area contributed by atoms with E-state index in [1.54, 1.807) is 6.92 Å². The highest BCUT2D eigenvalue weighted by molar-refractivity contribution is 5.69. The third-order valence-corrected chi connectivity index (χ3v) is 3.96. The van der Waals surface area contributed by atoms with Gasteiger partial charge in [-0.1, -0.05) is 82.4 Å². The van der Waals surface area contributed by atoms with Gasteiger partial charge in [-0.15, -0.1) is 0 Å². The minimum atomic E-state index is -0.663. The number of carboxylic acid groups (broad SMARTS) is 1. The number of rotatable bonds is 15. The van der Waals surface area contributed by atoms with Gasteiger partial charge in [0.25, 0.3) is 0 Å². The Balaban J connectivity index is 3.28. The van der Waals surface area contributed by atoms with E-state index in [-0.39, 0.29) is 5.92 Å². The first kappa shape index (κ1) is 21.7. The summed E-state index contributed by atoms with van der Waals surface area (Å²) in [6.45, 7) is 3.95. The van der Waals surface area contributed by atoms with Crippen LogP contribution in [0.1, 0.15) is 84.5 Å². The summed E-state index contributed by atoms with van der Waals surface area (Å²) in [5.74, 6) is -0.846. The van der Waals surface area contributed by atoms with E-state index in [2.05, 4.69) is 43.4 Å². The van der Waals surface area contributed by atoms with E-state index in [0.29, 0.717) is 0 Å². The van der Waals surface area contributed by atoms with Crippen molar-refractivity contribution in [3.63, 3.8) is 0 Å². The van der Waals surface area contributed by atoms with Crippen LogP contribution in [0.5, 0.6) is 0 Å².